The smallest absolute Gasteiger partial charge is 0.339 e. The molecular weight excluding hydrogens is 290 g/mol. The number of benzene rings is 1. The number of aromatic carboxylic acids is 1. The van der Waals surface area contributed by atoms with Crippen molar-refractivity contribution < 1.29 is 19.8 Å². The number of carbonyl (C=O) groups is 2. The van der Waals surface area contributed by atoms with Gasteiger partial charge in [-0.3, -0.25) is 4.79 Å². The molecule has 1 amide bonds. The maximum absolute atomic E-state index is 11.7. The van der Waals surface area contributed by atoms with Crippen LogP contribution in [0.4, 0.5) is 5.69 Å². The van der Waals surface area contributed by atoms with E-state index in [1.807, 2.05) is 19.1 Å². The van der Waals surface area contributed by atoms with Crippen molar-refractivity contribution in [2.45, 2.75) is 6.92 Å². The van der Waals surface area contributed by atoms with E-state index in [4.69, 9.17) is 5.11 Å². The van der Waals surface area contributed by atoms with Crippen LogP contribution in [0.15, 0.2) is 36.4 Å². The number of thiophene rings is 1. The van der Waals surface area contributed by atoms with E-state index >= 15 is 0 Å². The molecular formula is C15H13NO4S. The van der Waals surface area contributed by atoms with E-state index in [9.17, 15) is 14.7 Å². The Morgan fingerprint density at radius 3 is 2.57 bits per heavy atom. The number of rotatable bonds is 4. The second-order valence-corrected chi connectivity index (χ2v) is 5.63. The molecule has 0 saturated heterocycles. The molecule has 0 fully saturated rings. The fourth-order valence-corrected chi connectivity index (χ4v) is 2.46. The van der Waals surface area contributed by atoms with Crippen molar-refractivity contribution in [2.24, 2.45) is 0 Å². The highest BCUT2D eigenvalue weighted by atomic mass is 32.1. The molecule has 2 rings (SSSR count). The summed E-state index contributed by atoms with van der Waals surface area (Å²) in [6, 6.07) is 7.73. The quantitative estimate of drug-likeness (QED) is 0.757. The molecule has 5 nitrogen and oxygen atoms in total. The molecule has 0 aliphatic carbocycles. The van der Waals surface area contributed by atoms with Crippen molar-refractivity contribution >= 4 is 35.0 Å². The molecule has 0 bridgehead atoms. The molecule has 1 aromatic heterocycles. The zero-order chi connectivity index (χ0) is 15.4. The zero-order valence-corrected chi connectivity index (χ0v) is 12.0. The first kappa shape index (κ1) is 14.8. The second kappa shape index (κ2) is 6.23. The molecule has 1 aromatic carbocycles. The summed E-state index contributed by atoms with van der Waals surface area (Å²) in [5, 5.41) is 20.9. The lowest BCUT2D eigenvalue weighted by molar-refractivity contribution is -0.111. The minimum atomic E-state index is -1.22. The summed E-state index contributed by atoms with van der Waals surface area (Å²) in [6.07, 6.45) is 3.08. The topological polar surface area (TPSA) is 86.6 Å². The van der Waals surface area contributed by atoms with Crippen LogP contribution in [0.5, 0.6) is 5.75 Å². The van der Waals surface area contributed by atoms with E-state index in [2.05, 4.69) is 5.32 Å². The third kappa shape index (κ3) is 3.93. The summed E-state index contributed by atoms with van der Waals surface area (Å²) in [5.41, 5.74) is 0.118. The summed E-state index contributed by atoms with van der Waals surface area (Å²) >= 11 is 1.57. The molecule has 3 N–H and O–H groups in total. The van der Waals surface area contributed by atoms with Gasteiger partial charge in [0, 0.05) is 27.6 Å². The fraction of sp³-hybridized carbons (Fsp3) is 0.0667. The lowest BCUT2D eigenvalue weighted by atomic mass is 10.2. The summed E-state index contributed by atoms with van der Waals surface area (Å²) in [7, 11) is 0. The van der Waals surface area contributed by atoms with Crippen LogP contribution < -0.4 is 5.32 Å². The fourth-order valence-electron chi connectivity index (χ4n) is 1.67. The Morgan fingerprint density at radius 2 is 2.00 bits per heavy atom. The van der Waals surface area contributed by atoms with Gasteiger partial charge in [-0.25, -0.2) is 4.79 Å². The van der Waals surface area contributed by atoms with Gasteiger partial charge in [0.15, 0.2) is 0 Å². The number of carboxylic acids is 1. The molecule has 0 aliphatic heterocycles. The SMILES string of the molecule is Cc1ccc(/C=C/C(=O)Nc2ccc(C(=O)O)c(O)c2)s1. The lowest BCUT2D eigenvalue weighted by Gasteiger charge is -2.04. The molecule has 21 heavy (non-hydrogen) atoms. The lowest BCUT2D eigenvalue weighted by Crippen LogP contribution is -2.08. The number of aromatic hydroxyl groups is 1. The average Bonchev–Trinajstić information content (AvgIpc) is 2.82. The Hall–Kier alpha value is -2.60. The van der Waals surface area contributed by atoms with Gasteiger partial charge < -0.3 is 15.5 Å². The van der Waals surface area contributed by atoms with Gasteiger partial charge in [-0.05, 0) is 37.3 Å². The third-order valence-electron chi connectivity index (χ3n) is 2.66. The van der Waals surface area contributed by atoms with Gasteiger partial charge in [-0.1, -0.05) is 0 Å². The molecule has 0 saturated carbocycles. The van der Waals surface area contributed by atoms with Crippen LogP contribution in [0.2, 0.25) is 0 Å². The number of anilines is 1. The largest absolute Gasteiger partial charge is 0.507 e. The summed E-state index contributed by atoms with van der Waals surface area (Å²) in [4.78, 5) is 24.6. The number of hydrogen-bond donors (Lipinski definition) is 3. The second-order valence-electron chi connectivity index (χ2n) is 4.31. The first-order valence-electron chi connectivity index (χ1n) is 6.07. The van der Waals surface area contributed by atoms with E-state index in [1.165, 1.54) is 24.3 Å². The summed E-state index contributed by atoms with van der Waals surface area (Å²) in [6.45, 7) is 1.98. The van der Waals surface area contributed by atoms with E-state index in [0.717, 1.165) is 9.75 Å². The minimum absolute atomic E-state index is 0.211. The minimum Gasteiger partial charge on any atom is -0.507 e. The first-order valence-corrected chi connectivity index (χ1v) is 6.89. The van der Waals surface area contributed by atoms with Crippen LogP contribution in [0.1, 0.15) is 20.1 Å². The van der Waals surface area contributed by atoms with Crippen molar-refractivity contribution in [2.75, 3.05) is 5.32 Å². The monoisotopic (exact) mass is 303 g/mol. The van der Waals surface area contributed by atoms with Gasteiger partial charge in [-0.15, -0.1) is 11.3 Å². The van der Waals surface area contributed by atoms with Crippen molar-refractivity contribution in [3.05, 3.63) is 51.7 Å². The van der Waals surface area contributed by atoms with Crippen LogP contribution in [-0.2, 0) is 4.79 Å². The van der Waals surface area contributed by atoms with Crippen LogP contribution in [0.3, 0.4) is 0 Å². The highest BCUT2D eigenvalue weighted by molar-refractivity contribution is 7.12. The maximum atomic E-state index is 11.7. The number of amides is 1. The summed E-state index contributed by atoms with van der Waals surface area (Å²) in [5.74, 6) is -1.97. The highest BCUT2D eigenvalue weighted by Gasteiger charge is 2.10. The number of carboxylic acid groups (broad SMARTS) is 1. The molecule has 0 aliphatic rings. The van der Waals surface area contributed by atoms with Crippen LogP contribution >= 0.6 is 11.3 Å². The van der Waals surface area contributed by atoms with E-state index in [1.54, 1.807) is 17.4 Å². The van der Waals surface area contributed by atoms with Crippen molar-refractivity contribution in [3.63, 3.8) is 0 Å². The normalized spacial score (nSPS) is 10.7. The van der Waals surface area contributed by atoms with Gasteiger partial charge in [0.2, 0.25) is 5.91 Å². The van der Waals surface area contributed by atoms with Gasteiger partial charge in [0.1, 0.15) is 11.3 Å². The van der Waals surface area contributed by atoms with Crippen molar-refractivity contribution in [1.82, 2.24) is 0 Å². The van der Waals surface area contributed by atoms with Crippen LogP contribution in [0.25, 0.3) is 6.08 Å². The standard InChI is InChI=1S/C15H13NO4S/c1-9-2-4-11(21-9)5-7-14(18)16-10-3-6-12(15(19)20)13(17)8-10/h2-8,17H,1H3,(H,16,18)(H,19,20)/b7-5+. The van der Waals surface area contributed by atoms with Gasteiger partial charge in [0.05, 0.1) is 0 Å². The molecule has 0 radical (unpaired) electrons. The highest BCUT2D eigenvalue weighted by Crippen LogP contribution is 2.22. The average molecular weight is 303 g/mol. The number of hydrogen-bond acceptors (Lipinski definition) is 4. The van der Waals surface area contributed by atoms with Crippen LogP contribution in [0, 0.1) is 6.92 Å². The predicted molar refractivity (Wildman–Crippen MR) is 81.8 cm³/mol. The molecule has 108 valence electrons. The Balaban J connectivity index is 2.04. The van der Waals surface area contributed by atoms with Gasteiger partial charge >= 0.3 is 5.97 Å². The van der Waals surface area contributed by atoms with Gasteiger partial charge in [0.25, 0.3) is 0 Å². The summed E-state index contributed by atoms with van der Waals surface area (Å²) < 4.78 is 0. The number of carbonyl (C=O) groups excluding carboxylic acids is 1. The molecule has 1 heterocycles. The van der Waals surface area contributed by atoms with Crippen molar-refractivity contribution in [1.29, 1.82) is 0 Å². The van der Waals surface area contributed by atoms with Gasteiger partial charge in [-0.2, -0.15) is 0 Å². The Kier molecular flexibility index (Phi) is 4.39. The molecule has 2 aromatic rings. The Morgan fingerprint density at radius 1 is 1.24 bits per heavy atom. The Labute approximate surface area is 125 Å². The predicted octanol–water partition coefficient (Wildman–Crippen LogP) is 3.11. The Bertz CT molecular complexity index is 718. The molecule has 0 spiro atoms. The maximum Gasteiger partial charge on any atom is 0.339 e. The molecule has 6 heteroatoms. The number of nitrogens with one attached hydrogen (secondary N) is 1. The van der Waals surface area contributed by atoms with E-state index in [0.29, 0.717) is 5.69 Å². The van der Waals surface area contributed by atoms with E-state index in [-0.39, 0.29) is 11.5 Å². The van der Waals surface area contributed by atoms with Crippen molar-refractivity contribution in [3.8, 4) is 5.75 Å². The van der Waals surface area contributed by atoms with E-state index < -0.39 is 11.7 Å². The number of aryl methyl sites for hydroxylation is 1. The first-order chi connectivity index (χ1) is 9.95. The molecule has 0 unspecified atom stereocenters. The molecule has 0 atom stereocenters. The third-order valence-corrected chi connectivity index (χ3v) is 3.62. The zero-order valence-electron chi connectivity index (χ0n) is 11.2. The number of phenols is 1. The van der Waals surface area contributed by atoms with Crippen LogP contribution in [-0.4, -0.2) is 22.1 Å².